The van der Waals surface area contributed by atoms with Crippen molar-refractivity contribution in [2.75, 3.05) is 6.54 Å². The lowest BCUT2D eigenvalue weighted by atomic mass is 10.3. The summed E-state index contributed by atoms with van der Waals surface area (Å²) in [5.74, 6) is -0.488. The molecule has 2 aromatic rings. The fourth-order valence-corrected chi connectivity index (χ4v) is 2.51. The number of hydrogen-bond acceptors (Lipinski definition) is 5. The van der Waals surface area contributed by atoms with Crippen molar-refractivity contribution in [1.29, 1.82) is 0 Å². The Morgan fingerprint density at radius 2 is 2.04 bits per heavy atom. The molecule has 1 unspecified atom stereocenters. The number of likely N-dealkylation sites (N-methyl/N-ethyl adjacent to an activating group) is 1. The topological polar surface area (TPSA) is 80.3 Å². The average Bonchev–Trinajstić information content (AvgIpc) is 3.03. The number of nitrogens with zero attached hydrogens (tertiary/aromatic N) is 1. The van der Waals surface area contributed by atoms with E-state index in [1.807, 2.05) is 0 Å². The molecule has 6 nitrogen and oxygen atoms in total. The zero-order valence-electron chi connectivity index (χ0n) is 13.3. The van der Waals surface area contributed by atoms with E-state index in [9.17, 15) is 14.0 Å². The highest BCUT2D eigenvalue weighted by Gasteiger charge is 2.18. The predicted molar refractivity (Wildman–Crippen MR) is 88.5 cm³/mol. The first-order chi connectivity index (χ1) is 11.5. The first-order valence-electron chi connectivity index (χ1n) is 7.41. The second-order valence-electron chi connectivity index (χ2n) is 4.96. The Kier molecular flexibility index (Phi) is 6.25. The molecule has 24 heavy (non-hydrogen) atoms. The van der Waals surface area contributed by atoms with E-state index in [1.165, 1.54) is 35.6 Å². The van der Waals surface area contributed by atoms with E-state index in [0.717, 1.165) is 0 Å². The number of ether oxygens (including phenoxy) is 1. The second-order valence-corrected chi connectivity index (χ2v) is 5.90. The monoisotopic (exact) mass is 351 g/mol. The Labute approximate surface area is 143 Å². The summed E-state index contributed by atoms with van der Waals surface area (Å²) in [4.78, 5) is 27.8. The van der Waals surface area contributed by atoms with Crippen molar-refractivity contribution in [3.8, 4) is 5.75 Å². The van der Waals surface area contributed by atoms with Crippen molar-refractivity contribution in [2.24, 2.45) is 0 Å². The van der Waals surface area contributed by atoms with Crippen LogP contribution in [0.5, 0.6) is 5.75 Å². The van der Waals surface area contributed by atoms with Crippen LogP contribution in [0.2, 0.25) is 0 Å². The molecule has 8 heteroatoms. The van der Waals surface area contributed by atoms with Crippen LogP contribution in [0.3, 0.4) is 0 Å². The first kappa shape index (κ1) is 17.9. The average molecular weight is 351 g/mol. The lowest BCUT2D eigenvalue weighted by Crippen LogP contribution is -2.44. The van der Waals surface area contributed by atoms with Crippen LogP contribution in [-0.4, -0.2) is 29.4 Å². The van der Waals surface area contributed by atoms with Gasteiger partial charge in [-0.15, -0.1) is 11.3 Å². The predicted octanol–water partition coefficient (Wildman–Crippen LogP) is 2.12. The molecular formula is C16H18FN3O3S. The second kappa shape index (κ2) is 8.39. The maximum atomic E-state index is 12.8. The number of hydrogen-bond donors (Lipinski definition) is 2. The summed E-state index contributed by atoms with van der Waals surface area (Å²) in [5.41, 5.74) is 0.230. The van der Waals surface area contributed by atoms with Crippen molar-refractivity contribution >= 4 is 23.2 Å². The van der Waals surface area contributed by atoms with Gasteiger partial charge in [0.15, 0.2) is 0 Å². The Bertz CT molecular complexity index is 703. The van der Waals surface area contributed by atoms with Gasteiger partial charge in [-0.25, -0.2) is 9.37 Å². The quantitative estimate of drug-likeness (QED) is 0.801. The number of aromatic nitrogens is 1. The van der Waals surface area contributed by atoms with Gasteiger partial charge in [0.05, 0.1) is 0 Å². The van der Waals surface area contributed by atoms with Gasteiger partial charge in [-0.05, 0) is 38.1 Å². The molecule has 0 saturated carbocycles. The Balaban J connectivity index is 1.88. The zero-order chi connectivity index (χ0) is 17.5. The summed E-state index contributed by atoms with van der Waals surface area (Å²) >= 11 is 1.27. The van der Waals surface area contributed by atoms with Gasteiger partial charge in [0, 0.05) is 11.9 Å². The summed E-state index contributed by atoms with van der Waals surface area (Å²) < 4.78 is 18.3. The molecule has 0 aliphatic heterocycles. The lowest BCUT2D eigenvalue weighted by Gasteiger charge is -2.12. The molecule has 1 aromatic heterocycles. The Hall–Kier alpha value is -2.48. The maximum Gasteiger partial charge on any atom is 0.271 e. The van der Waals surface area contributed by atoms with E-state index in [0.29, 0.717) is 17.3 Å². The van der Waals surface area contributed by atoms with Crippen molar-refractivity contribution in [3.63, 3.8) is 0 Å². The smallest absolute Gasteiger partial charge is 0.271 e. The largest absolute Gasteiger partial charge is 0.486 e. The van der Waals surface area contributed by atoms with Gasteiger partial charge in [0.2, 0.25) is 5.91 Å². The first-order valence-corrected chi connectivity index (χ1v) is 8.29. The minimum atomic E-state index is -0.641. The number of thiazole rings is 1. The van der Waals surface area contributed by atoms with E-state index in [4.69, 9.17) is 4.74 Å². The van der Waals surface area contributed by atoms with Crippen LogP contribution in [0.4, 0.5) is 4.39 Å². The molecular weight excluding hydrogens is 333 g/mol. The highest BCUT2D eigenvalue weighted by molar-refractivity contribution is 7.09. The molecule has 1 atom stereocenters. The standard InChI is InChI=1S/C16H18FN3O3S/c1-3-18-15(21)10(2)19-16(22)13-9-24-14(20-13)8-23-12-6-4-11(17)5-7-12/h4-7,9-10H,3,8H2,1-2H3,(H,18,21)(H,19,22). The van der Waals surface area contributed by atoms with Gasteiger partial charge in [0.25, 0.3) is 5.91 Å². The number of nitrogens with one attached hydrogen (secondary N) is 2. The summed E-state index contributed by atoms with van der Waals surface area (Å²) in [6, 6.07) is 5.00. The summed E-state index contributed by atoms with van der Waals surface area (Å²) in [5, 5.41) is 7.42. The van der Waals surface area contributed by atoms with E-state index in [-0.39, 0.29) is 24.0 Å². The summed E-state index contributed by atoms with van der Waals surface area (Å²) in [6.45, 7) is 4.09. The highest BCUT2D eigenvalue weighted by atomic mass is 32.1. The van der Waals surface area contributed by atoms with Gasteiger partial charge in [-0.2, -0.15) is 0 Å². The third kappa shape index (κ3) is 5.02. The fourth-order valence-electron chi connectivity index (χ4n) is 1.82. The van der Waals surface area contributed by atoms with Crippen LogP contribution in [0.15, 0.2) is 29.6 Å². The van der Waals surface area contributed by atoms with Crippen LogP contribution in [0.1, 0.15) is 29.3 Å². The van der Waals surface area contributed by atoms with Crippen LogP contribution >= 0.6 is 11.3 Å². The highest BCUT2D eigenvalue weighted by Crippen LogP contribution is 2.16. The van der Waals surface area contributed by atoms with Crippen LogP contribution in [-0.2, 0) is 11.4 Å². The zero-order valence-corrected chi connectivity index (χ0v) is 14.2. The molecule has 2 amide bonds. The Morgan fingerprint density at radius 1 is 1.33 bits per heavy atom. The number of carbonyl (C=O) groups is 2. The molecule has 0 bridgehead atoms. The van der Waals surface area contributed by atoms with Gasteiger partial charge in [-0.3, -0.25) is 9.59 Å². The van der Waals surface area contributed by atoms with Crippen LogP contribution < -0.4 is 15.4 Å². The number of rotatable bonds is 7. The minimum absolute atomic E-state index is 0.176. The van der Waals surface area contributed by atoms with E-state index < -0.39 is 11.9 Å². The van der Waals surface area contributed by atoms with Crippen LogP contribution in [0.25, 0.3) is 0 Å². The molecule has 128 valence electrons. The molecule has 2 N–H and O–H groups in total. The molecule has 0 spiro atoms. The van der Waals surface area contributed by atoms with Crippen LogP contribution in [0, 0.1) is 5.82 Å². The molecule has 0 saturated heterocycles. The van der Waals surface area contributed by atoms with Crippen molar-refractivity contribution in [3.05, 3.63) is 46.2 Å². The van der Waals surface area contributed by atoms with Gasteiger partial charge in [0.1, 0.15) is 34.9 Å². The number of halogens is 1. The van der Waals surface area contributed by atoms with Crippen molar-refractivity contribution < 1.29 is 18.7 Å². The SMILES string of the molecule is CCNC(=O)C(C)NC(=O)c1csc(COc2ccc(F)cc2)n1. The summed E-state index contributed by atoms with van der Waals surface area (Å²) in [7, 11) is 0. The van der Waals surface area contributed by atoms with Crippen molar-refractivity contribution in [1.82, 2.24) is 15.6 Å². The normalized spacial score (nSPS) is 11.6. The lowest BCUT2D eigenvalue weighted by molar-refractivity contribution is -0.122. The third-order valence-electron chi connectivity index (χ3n) is 3.05. The number of amides is 2. The number of benzene rings is 1. The van der Waals surface area contributed by atoms with E-state index >= 15 is 0 Å². The molecule has 2 rings (SSSR count). The summed E-state index contributed by atoms with van der Waals surface area (Å²) in [6.07, 6.45) is 0. The molecule has 0 fully saturated rings. The molecule has 1 heterocycles. The molecule has 1 aromatic carbocycles. The van der Waals surface area contributed by atoms with Gasteiger partial charge < -0.3 is 15.4 Å². The molecule has 0 aliphatic carbocycles. The van der Waals surface area contributed by atoms with E-state index in [2.05, 4.69) is 15.6 Å². The molecule has 0 aliphatic rings. The minimum Gasteiger partial charge on any atom is -0.486 e. The maximum absolute atomic E-state index is 12.8. The number of carbonyl (C=O) groups excluding carboxylic acids is 2. The van der Waals surface area contributed by atoms with E-state index in [1.54, 1.807) is 19.2 Å². The van der Waals surface area contributed by atoms with Gasteiger partial charge >= 0.3 is 0 Å². The fraction of sp³-hybridized carbons (Fsp3) is 0.312. The third-order valence-corrected chi connectivity index (χ3v) is 3.87. The Morgan fingerprint density at radius 3 is 2.71 bits per heavy atom. The van der Waals surface area contributed by atoms with Crippen molar-refractivity contribution in [2.45, 2.75) is 26.5 Å². The van der Waals surface area contributed by atoms with Gasteiger partial charge in [-0.1, -0.05) is 0 Å². The molecule has 0 radical (unpaired) electrons.